The first-order valence-electron chi connectivity index (χ1n) is 12.0. The molecular weight excluding hydrogens is 496 g/mol. The van der Waals surface area contributed by atoms with Crippen LogP contribution in [0.2, 0.25) is 0 Å². The molecule has 13 heteroatoms. The molecule has 13 nitrogen and oxygen atoms in total. The van der Waals surface area contributed by atoms with Crippen LogP contribution in [0.4, 0.5) is 0 Å². The zero-order chi connectivity index (χ0) is 27.8. The molecule has 2 aliphatic heterocycles. The van der Waals surface area contributed by atoms with Gasteiger partial charge in [0.05, 0.1) is 13.2 Å². The molecule has 8 N–H and O–H groups in total. The molecule has 0 bridgehead atoms. The molecule has 2 heterocycles. The van der Waals surface area contributed by atoms with Gasteiger partial charge in [-0.2, -0.15) is 0 Å². The predicted octanol–water partition coefficient (Wildman–Crippen LogP) is -1.41. The largest absolute Gasteiger partial charge is 0.507 e. The van der Waals surface area contributed by atoms with Crippen LogP contribution >= 0.6 is 0 Å². The van der Waals surface area contributed by atoms with Gasteiger partial charge in [-0.15, -0.1) is 0 Å². The van der Waals surface area contributed by atoms with Gasteiger partial charge in [0, 0.05) is 17.0 Å². The highest BCUT2D eigenvalue weighted by Gasteiger charge is 2.47. The van der Waals surface area contributed by atoms with Gasteiger partial charge in [0.2, 0.25) is 6.29 Å². The van der Waals surface area contributed by atoms with E-state index in [0.717, 1.165) is 0 Å². The Hall–Kier alpha value is -2.07. The minimum absolute atomic E-state index is 0.0571. The Morgan fingerprint density at radius 3 is 2.16 bits per heavy atom. The van der Waals surface area contributed by atoms with Crippen LogP contribution in [0.5, 0.6) is 17.2 Å². The number of aliphatic hydroxyl groups excluding tert-OH is 6. The van der Waals surface area contributed by atoms with E-state index in [1.807, 2.05) is 0 Å². The van der Waals surface area contributed by atoms with Crippen molar-refractivity contribution in [2.75, 3.05) is 13.2 Å². The zero-order valence-corrected chi connectivity index (χ0v) is 21.0. The van der Waals surface area contributed by atoms with Crippen molar-refractivity contribution in [2.45, 2.75) is 89.4 Å². The highest BCUT2D eigenvalue weighted by molar-refractivity contribution is 6.03. The first kappa shape index (κ1) is 29.5. The zero-order valence-electron chi connectivity index (χ0n) is 21.0. The molecule has 37 heavy (non-hydrogen) atoms. The number of benzene rings is 1. The quantitative estimate of drug-likeness (QED) is 0.181. The molecule has 0 radical (unpaired) electrons. The van der Waals surface area contributed by atoms with Crippen molar-refractivity contribution in [1.29, 1.82) is 0 Å². The topological polar surface area (TPSA) is 216 Å². The molecule has 0 aromatic heterocycles. The van der Waals surface area contributed by atoms with E-state index in [-0.39, 0.29) is 34.8 Å². The lowest BCUT2D eigenvalue weighted by atomic mass is 9.91. The van der Waals surface area contributed by atoms with E-state index >= 15 is 0 Å². The third-order valence-electron chi connectivity index (χ3n) is 6.96. The Morgan fingerprint density at radius 1 is 0.919 bits per heavy atom. The van der Waals surface area contributed by atoms with E-state index in [0.29, 0.717) is 6.42 Å². The third kappa shape index (κ3) is 5.70. The van der Waals surface area contributed by atoms with Crippen LogP contribution in [0.25, 0.3) is 0 Å². The predicted molar refractivity (Wildman–Crippen MR) is 124 cm³/mol. The molecule has 1 aromatic carbocycles. The smallest absolute Gasteiger partial charge is 0.229 e. The van der Waals surface area contributed by atoms with Crippen molar-refractivity contribution in [3.63, 3.8) is 0 Å². The summed E-state index contributed by atoms with van der Waals surface area (Å²) >= 11 is 0. The van der Waals surface area contributed by atoms with Gasteiger partial charge >= 0.3 is 0 Å². The molecule has 0 saturated carbocycles. The van der Waals surface area contributed by atoms with Crippen molar-refractivity contribution >= 4 is 5.78 Å². The normalized spacial score (nSPS) is 35.2. The maximum Gasteiger partial charge on any atom is 0.229 e. The summed E-state index contributed by atoms with van der Waals surface area (Å²) in [5, 5.41) is 81.9. The molecular formula is C24H36O13. The Morgan fingerprint density at radius 2 is 1.54 bits per heavy atom. The van der Waals surface area contributed by atoms with E-state index in [9.17, 15) is 45.6 Å². The fraction of sp³-hybridized carbons (Fsp3) is 0.708. The summed E-state index contributed by atoms with van der Waals surface area (Å²) in [7, 11) is 0. The van der Waals surface area contributed by atoms with Gasteiger partial charge in [0.1, 0.15) is 65.5 Å². The average Bonchev–Trinajstić information content (AvgIpc) is 2.88. The maximum atomic E-state index is 13.1. The van der Waals surface area contributed by atoms with Gasteiger partial charge in [0.25, 0.3) is 0 Å². The van der Waals surface area contributed by atoms with Crippen LogP contribution in [-0.4, -0.2) is 115 Å². The van der Waals surface area contributed by atoms with Crippen molar-refractivity contribution in [2.24, 2.45) is 5.92 Å². The minimum Gasteiger partial charge on any atom is -0.507 e. The molecule has 0 unspecified atom stereocenters. The van der Waals surface area contributed by atoms with Crippen molar-refractivity contribution in [3.8, 4) is 17.2 Å². The number of phenols is 2. The van der Waals surface area contributed by atoms with Gasteiger partial charge in [-0.3, -0.25) is 4.79 Å². The van der Waals surface area contributed by atoms with E-state index in [2.05, 4.69) is 0 Å². The Labute approximate surface area is 213 Å². The first-order chi connectivity index (χ1) is 17.3. The minimum atomic E-state index is -1.81. The fourth-order valence-electron chi connectivity index (χ4n) is 4.17. The van der Waals surface area contributed by atoms with E-state index in [4.69, 9.17) is 18.9 Å². The van der Waals surface area contributed by atoms with E-state index in [1.165, 1.54) is 13.8 Å². The second-order valence-electron chi connectivity index (χ2n) is 9.54. The summed E-state index contributed by atoms with van der Waals surface area (Å²) in [4.78, 5) is 13.1. The van der Waals surface area contributed by atoms with Gasteiger partial charge in [-0.25, -0.2) is 0 Å². The molecule has 10 atom stereocenters. The lowest BCUT2D eigenvalue weighted by Crippen LogP contribution is -2.61. The highest BCUT2D eigenvalue weighted by Crippen LogP contribution is 2.44. The number of rotatable bonds is 8. The van der Waals surface area contributed by atoms with E-state index < -0.39 is 79.4 Å². The lowest BCUT2D eigenvalue weighted by Gasteiger charge is -2.41. The van der Waals surface area contributed by atoms with Crippen LogP contribution in [0.15, 0.2) is 0 Å². The molecule has 2 saturated heterocycles. The summed E-state index contributed by atoms with van der Waals surface area (Å²) < 4.78 is 21.9. The number of carbonyl (C=O) groups excluding carboxylic acids is 1. The standard InChI is InChI=1S/C24H36O13/c1-5-8(2)14(26)13-16(28)9(3)15(27)10(4)22(13)37-24-21(33)19(31)18(30)12(36-24)7-35-23-20(32)17(29)11(25)6-34-23/h8,11-12,17-21,23-25,27-33H,5-7H2,1-4H3/t8-,11-,12-,17+,18-,19+,20-,21-,23+,24+/m1/s1. The number of hydrogen-bond acceptors (Lipinski definition) is 13. The number of aromatic hydroxyl groups is 2. The third-order valence-corrected chi connectivity index (χ3v) is 6.96. The van der Waals surface area contributed by atoms with Crippen LogP contribution in [-0.2, 0) is 14.2 Å². The second-order valence-corrected chi connectivity index (χ2v) is 9.54. The monoisotopic (exact) mass is 532 g/mol. The lowest BCUT2D eigenvalue weighted by molar-refractivity contribution is -0.307. The molecule has 0 spiro atoms. The number of carbonyl (C=O) groups is 1. The maximum absolute atomic E-state index is 13.1. The molecule has 1 aromatic rings. The fourth-order valence-corrected chi connectivity index (χ4v) is 4.17. The molecule has 3 rings (SSSR count). The average molecular weight is 533 g/mol. The molecule has 2 aliphatic rings. The number of phenolic OH excluding ortho intramolecular Hbond substituents is 2. The summed E-state index contributed by atoms with van der Waals surface area (Å²) in [6, 6.07) is 0. The number of aliphatic hydroxyl groups is 6. The second kappa shape index (κ2) is 11.8. The van der Waals surface area contributed by atoms with Crippen molar-refractivity contribution in [1.82, 2.24) is 0 Å². The number of ketones is 1. The highest BCUT2D eigenvalue weighted by atomic mass is 16.7. The van der Waals surface area contributed by atoms with Crippen LogP contribution < -0.4 is 4.74 Å². The Balaban J connectivity index is 1.86. The van der Waals surface area contributed by atoms with Gasteiger partial charge in [-0.1, -0.05) is 13.8 Å². The van der Waals surface area contributed by atoms with Gasteiger partial charge in [0.15, 0.2) is 12.1 Å². The van der Waals surface area contributed by atoms with Crippen LogP contribution in [0, 0.1) is 19.8 Å². The summed E-state index contributed by atoms with van der Waals surface area (Å²) in [5.41, 5.74) is -0.0863. The SMILES string of the molecule is CC[C@@H](C)C(=O)c1c(O)c(C)c(O)c(C)c1O[C@@H]1O[C@H](CO[C@@H]2OC[C@@H](O)[C@H](O)[C@H]2O)[C@@H](O)[C@H](O)[C@H]1O. The first-order valence-corrected chi connectivity index (χ1v) is 12.0. The van der Waals surface area contributed by atoms with Crippen molar-refractivity contribution in [3.05, 3.63) is 16.7 Å². The molecule has 0 aliphatic carbocycles. The molecule has 210 valence electrons. The van der Waals surface area contributed by atoms with Crippen LogP contribution in [0.3, 0.4) is 0 Å². The summed E-state index contributed by atoms with van der Waals surface area (Å²) in [5.74, 6) is -2.10. The molecule has 0 amide bonds. The number of ether oxygens (including phenoxy) is 4. The van der Waals surface area contributed by atoms with Crippen molar-refractivity contribution < 1.29 is 64.6 Å². The molecule has 2 fully saturated rings. The van der Waals surface area contributed by atoms with Gasteiger partial charge < -0.3 is 59.8 Å². The van der Waals surface area contributed by atoms with E-state index in [1.54, 1.807) is 13.8 Å². The summed E-state index contributed by atoms with van der Waals surface area (Å²) in [6.45, 7) is 5.47. The Kier molecular flexibility index (Phi) is 9.37. The summed E-state index contributed by atoms with van der Waals surface area (Å²) in [6.07, 6.45) is -13.7. The van der Waals surface area contributed by atoms with Gasteiger partial charge in [-0.05, 0) is 20.3 Å². The van der Waals surface area contributed by atoms with Crippen LogP contribution in [0.1, 0.15) is 41.8 Å². The number of Topliss-reactive ketones (excluding diaryl/α,β-unsaturated/α-hetero) is 1. The Bertz CT molecular complexity index is 969. The number of hydrogen-bond donors (Lipinski definition) is 8.